The van der Waals surface area contributed by atoms with Gasteiger partial charge in [-0.05, 0) is 54.7 Å². The Hall–Kier alpha value is -3.02. The highest BCUT2D eigenvalue weighted by Crippen LogP contribution is 2.36. The maximum Gasteiger partial charge on any atom is 0.263 e. The first-order valence-electron chi connectivity index (χ1n) is 8.49. The third kappa shape index (κ3) is 2.03. The fraction of sp³-hybridized carbons (Fsp3) is 0.263. The minimum absolute atomic E-state index is 0.262. The number of rotatable bonds is 2. The van der Waals surface area contributed by atoms with Crippen molar-refractivity contribution in [3.05, 3.63) is 59.7 Å². The van der Waals surface area contributed by atoms with E-state index in [0.717, 1.165) is 24.9 Å². The van der Waals surface area contributed by atoms with Gasteiger partial charge >= 0.3 is 0 Å². The Labute approximate surface area is 144 Å². The molecule has 3 aliphatic rings. The highest BCUT2D eigenvalue weighted by molar-refractivity contribution is 6.26. The molecule has 6 nitrogen and oxygen atoms in total. The summed E-state index contributed by atoms with van der Waals surface area (Å²) < 4.78 is 0. The molecule has 1 aliphatic carbocycles. The van der Waals surface area contributed by atoms with Crippen LogP contribution in [-0.2, 0) is 22.4 Å². The van der Waals surface area contributed by atoms with Crippen molar-refractivity contribution in [1.29, 1.82) is 0 Å². The fourth-order valence-electron chi connectivity index (χ4n) is 3.91. The quantitative estimate of drug-likeness (QED) is 0.794. The molecular weight excluding hydrogens is 316 g/mol. The Morgan fingerprint density at radius 2 is 1.68 bits per heavy atom. The van der Waals surface area contributed by atoms with Crippen LogP contribution in [0.4, 0.5) is 11.4 Å². The lowest BCUT2D eigenvalue weighted by Crippen LogP contribution is -2.39. The van der Waals surface area contributed by atoms with E-state index in [2.05, 4.69) is 10.3 Å². The topological polar surface area (TPSA) is 65.3 Å². The molecule has 0 saturated carbocycles. The van der Waals surface area contributed by atoms with E-state index in [1.54, 1.807) is 5.01 Å². The predicted octanol–water partition coefficient (Wildman–Crippen LogP) is 2.67. The molecule has 1 fully saturated rings. The lowest BCUT2D eigenvalue weighted by atomic mass is 10.1. The molecule has 2 aromatic carbocycles. The molecule has 2 unspecified atom stereocenters. The fourth-order valence-corrected chi connectivity index (χ4v) is 3.91. The Bertz CT molecular complexity index is 909. The van der Waals surface area contributed by atoms with Gasteiger partial charge in [0.1, 0.15) is 0 Å². The number of para-hydroxylation sites is 1. The first-order valence-corrected chi connectivity index (χ1v) is 8.49. The zero-order chi connectivity index (χ0) is 17.0. The molecule has 0 spiro atoms. The molecule has 124 valence electrons. The van der Waals surface area contributed by atoms with Crippen LogP contribution in [0.2, 0.25) is 0 Å². The van der Waals surface area contributed by atoms with E-state index in [1.165, 1.54) is 16.0 Å². The second-order valence-corrected chi connectivity index (χ2v) is 6.59. The van der Waals surface area contributed by atoms with Crippen LogP contribution in [0.5, 0.6) is 0 Å². The molecule has 0 bridgehead atoms. The van der Waals surface area contributed by atoms with Crippen LogP contribution < -0.4 is 9.91 Å². The molecule has 0 aromatic heterocycles. The molecule has 25 heavy (non-hydrogen) atoms. The van der Waals surface area contributed by atoms with Gasteiger partial charge in [0.25, 0.3) is 11.8 Å². The minimum atomic E-state index is -0.763. The van der Waals surface area contributed by atoms with Crippen LogP contribution in [-0.4, -0.2) is 23.9 Å². The van der Waals surface area contributed by atoms with Crippen molar-refractivity contribution in [3.63, 3.8) is 0 Å². The average Bonchev–Trinajstić information content (AvgIpc) is 3.33. The van der Waals surface area contributed by atoms with Crippen LogP contribution in [0.1, 0.15) is 17.5 Å². The van der Waals surface area contributed by atoms with Gasteiger partial charge in [-0.15, -0.1) is 0 Å². The van der Waals surface area contributed by atoms with Gasteiger partial charge in [-0.3, -0.25) is 9.59 Å². The van der Waals surface area contributed by atoms with Crippen LogP contribution >= 0.6 is 0 Å². The van der Waals surface area contributed by atoms with Crippen molar-refractivity contribution in [2.45, 2.75) is 31.3 Å². The SMILES string of the molecule is O=C1C2N=NN(c3ccccc3)C2C(=O)N1c1ccc2c(c1)CCC2. The Morgan fingerprint density at radius 3 is 2.52 bits per heavy atom. The average molecular weight is 332 g/mol. The van der Waals surface area contributed by atoms with Crippen LogP contribution in [0.3, 0.4) is 0 Å². The Morgan fingerprint density at radius 1 is 0.880 bits per heavy atom. The van der Waals surface area contributed by atoms with E-state index in [1.807, 2.05) is 48.5 Å². The van der Waals surface area contributed by atoms with E-state index in [9.17, 15) is 9.59 Å². The number of fused-ring (bicyclic) bond motifs is 2. The number of benzene rings is 2. The van der Waals surface area contributed by atoms with Crippen LogP contribution in [0.15, 0.2) is 58.9 Å². The molecule has 2 atom stereocenters. The van der Waals surface area contributed by atoms with Crippen LogP contribution in [0, 0.1) is 0 Å². The number of nitrogens with zero attached hydrogens (tertiary/aromatic N) is 4. The molecule has 2 aliphatic heterocycles. The normalized spacial score (nSPS) is 24.2. The maximum absolute atomic E-state index is 13.0. The van der Waals surface area contributed by atoms with Crippen molar-refractivity contribution in [1.82, 2.24) is 0 Å². The number of carbonyl (C=O) groups is 2. The van der Waals surface area contributed by atoms with E-state index in [-0.39, 0.29) is 11.8 Å². The predicted molar refractivity (Wildman–Crippen MR) is 92.3 cm³/mol. The van der Waals surface area contributed by atoms with Crippen molar-refractivity contribution < 1.29 is 9.59 Å². The third-order valence-corrected chi connectivity index (χ3v) is 5.14. The number of amides is 2. The highest BCUT2D eigenvalue weighted by Gasteiger charge is 2.55. The zero-order valence-electron chi connectivity index (χ0n) is 13.5. The first kappa shape index (κ1) is 14.3. The molecule has 0 radical (unpaired) electrons. The Balaban J connectivity index is 1.51. The number of imide groups is 1. The number of carbonyl (C=O) groups excluding carboxylic acids is 2. The lowest BCUT2D eigenvalue weighted by molar-refractivity contribution is -0.121. The lowest BCUT2D eigenvalue weighted by Gasteiger charge is -2.20. The van der Waals surface area contributed by atoms with Crippen molar-refractivity contribution in [2.75, 3.05) is 9.91 Å². The van der Waals surface area contributed by atoms with Crippen LogP contribution in [0.25, 0.3) is 0 Å². The van der Waals surface area contributed by atoms with Gasteiger partial charge < -0.3 is 0 Å². The minimum Gasteiger partial charge on any atom is -0.271 e. The van der Waals surface area contributed by atoms with Gasteiger partial charge in [0, 0.05) is 0 Å². The molecule has 2 amide bonds. The summed E-state index contributed by atoms with van der Waals surface area (Å²) in [4.78, 5) is 27.1. The van der Waals surface area contributed by atoms with Gasteiger partial charge in [0.15, 0.2) is 12.1 Å². The summed E-state index contributed by atoms with van der Waals surface area (Å²) in [5.41, 5.74) is 3.95. The van der Waals surface area contributed by atoms with Crippen molar-refractivity contribution >= 4 is 23.2 Å². The maximum atomic E-state index is 13.0. The third-order valence-electron chi connectivity index (χ3n) is 5.14. The van der Waals surface area contributed by atoms with E-state index in [0.29, 0.717) is 5.69 Å². The summed E-state index contributed by atoms with van der Waals surface area (Å²) in [5, 5.41) is 9.70. The van der Waals surface area contributed by atoms with Crippen molar-refractivity contribution in [3.8, 4) is 0 Å². The summed E-state index contributed by atoms with van der Waals surface area (Å²) in [6.07, 6.45) is 3.20. The summed E-state index contributed by atoms with van der Waals surface area (Å²) in [7, 11) is 0. The molecule has 2 aromatic rings. The number of hydrogen-bond donors (Lipinski definition) is 0. The molecular formula is C19H16N4O2. The van der Waals surface area contributed by atoms with E-state index >= 15 is 0 Å². The summed E-state index contributed by atoms with van der Waals surface area (Å²) in [5.74, 6) is -0.558. The second-order valence-electron chi connectivity index (χ2n) is 6.59. The zero-order valence-corrected chi connectivity index (χ0v) is 13.5. The highest BCUT2D eigenvalue weighted by atomic mass is 16.2. The molecule has 1 saturated heterocycles. The van der Waals surface area contributed by atoms with Gasteiger partial charge in [0.2, 0.25) is 0 Å². The summed E-state index contributed by atoms with van der Waals surface area (Å²) >= 11 is 0. The van der Waals surface area contributed by atoms with Gasteiger partial charge in [0.05, 0.1) is 11.4 Å². The standard InChI is InChI=1S/C19H16N4O2/c24-18-16-17(23(21-20-16)14-7-2-1-3-8-14)19(25)22(18)15-10-9-12-5-4-6-13(12)11-15/h1-3,7-11,16-17H,4-6H2. The van der Waals surface area contributed by atoms with Gasteiger partial charge in [-0.1, -0.05) is 29.5 Å². The number of aryl methyl sites for hydroxylation is 2. The monoisotopic (exact) mass is 332 g/mol. The van der Waals surface area contributed by atoms with E-state index < -0.39 is 12.1 Å². The summed E-state index contributed by atoms with van der Waals surface area (Å²) in [6.45, 7) is 0. The Kier molecular flexibility index (Phi) is 3.00. The molecule has 5 rings (SSSR count). The smallest absolute Gasteiger partial charge is 0.263 e. The first-order chi connectivity index (χ1) is 12.2. The largest absolute Gasteiger partial charge is 0.271 e. The van der Waals surface area contributed by atoms with E-state index in [4.69, 9.17) is 0 Å². The van der Waals surface area contributed by atoms with Gasteiger partial charge in [-0.25, -0.2) is 9.91 Å². The molecule has 6 heteroatoms. The van der Waals surface area contributed by atoms with Crippen molar-refractivity contribution in [2.24, 2.45) is 10.3 Å². The second kappa shape index (κ2) is 5.24. The molecule has 0 N–H and O–H groups in total. The number of hydrogen-bond acceptors (Lipinski definition) is 5. The van der Waals surface area contributed by atoms with Gasteiger partial charge in [-0.2, -0.15) is 5.11 Å². The molecule has 2 heterocycles. The summed E-state index contributed by atoms with van der Waals surface area (Å²) in [6, 6.07) is 13.8. The number of anilines is 2.